The van der Waals surface area contributed by atoms with E-state index in [0.29, 0.717) is 42.3 Å². The number of anilines is 1. The summed E-state index contributed by atoms with van der Waals surface area (Å²) in [6, 6.07) is 6.55. The molecule has 0 radical (unpaired) electrons. The van der Waals surface area contributed by atoms with Crippen molar-refractivity contribution in [2.75, 3.05) is 26.0 Å². The molecule has 4 aromatic rings. The number of aromatic nitrogens is 3. The number of halogens is 2. The highest BCUT2D eigenvalue weighted by atomic mass is 19.1. The van der Waals surface area contributed by atoms with E-state index in [2.05, 4.69) is 15.3 Å². The first-order valence-corrected chi connectivity index (χ1v) is 11.3. The van der Waals surface area contributed by atoms with Crippen LogP contribution in [0.15, 0.2) is 36.7 Å². The average Bonchev–Trinajstić information content (AvgIpc) is 3.41. The van der Waals surface area contributed by atoms with Crippen LogP contribution in [0.25, 0.3) is 16.8 Å². The Labute approximate surface area is 197 Å². The zero-order chi connectivity index (χ0) is 24.0. The number of imidazole rings is 1. The van der Waals surface area contributed by atoms with Gasteiger partial charge < -0.3 is 15.0 Å². The Morgan fingerprint density at radius 1 is 1.12 bits per heavy atom. The quantitative estimate of drug-likeness (QED) is 0.441. The van der Waals surface area contributed by atoms with Crippen LogP contribution in [-0.4, -0.2) is 40.0 Å². The molecule has 0 amide bonds. The largest absolute Gasteiger partial charge is 0.493 e. The third kappa shape index (κ3) is 3.98. The van der Waals surface area contributed by atoms with Gasteiger partial charge in [-0.25, -0.2) is 18.7 Å². The predicted octanol–water partition coefficient (Wildman–Crippen LogP) is 4.90. The number of rotatable bonds is 6. The van der Waals surface area contributed by atoms with Gasteiger partial charge in [0.1, 0.15) is 23.0 Å². The number of nitrogens with one attached hydrogen (secondary N) is 1. The van der Waals surface area contributed by atoms with Crippen molar-refractivity contribution < 1.29 is 13.5 Å². The third-order valence-corrected chi connectivity index (χ3v) is 6.15. The van der Waals surface area contributed by atoms with Crippen LogP contribution in [0.1, 0.15) is 27.9 Å². The Morgan fingerprint density at radius 3 is 2.74 bits per heavy atom. The molecule has 1 aliphatic heterocycles. The molecule has 6 nitrogen and oxygen atoms in total. The van der Waals surface area contributed by atoms with Gasteiger partial charge in [0.05, 0.1) is 12.3 Å². The van der Waals surface area contributed by atoms with E-state index in [-0.39, 0.29) is 18.2 Å². The SMILES string of the molecule is Cc1cn2c(NCc3c(F)ccc4c3CCO4)ncc(-c3cc(F)c(CN(C)C)cc3C)c2n1. The highest BCUT2D eigenvalue weighted by Crippen LogP contribution is 2.32. The minimum absolute atomic E-state index is 0.256. The van der Waals surface area contributed by atoms with Gasteiger partial charge in [-0.2, -0.15) is 0 Å². The Morgan fingerprint density at radius 2 is 1.94 bits per heavy atom. The van der Waals surface area contributed by atoms with Crippen molar-refractivity contribution in [1.29, 1.82) is 0 Å². The second kappa shape index (κ2) is 8.68. The van der Waals surface area contributed by atoms with Crippen LogP contribution in [0, 0.1) is 25.5 Å². The summed E-state index contributed by atoms with van der Waals surface area (Å²) in [4.78, 5) is 11.2. The maximum Gasteiger partial charge on any atom is 0.208 e. The first-order valence-electron chi connectivity index (χ1n) is 11.3. The third-order valence-electron chi connectivity index (χ3n) is 6.15. The maximum absolute atomic E-state index is 14.9. The van der Waals surface area contributed by atoms with Crippen LogP contribution in [0.4, 0.5) is 14.7 Å². The molecule has 1 aliphatic rings. The van der Waals surface area contributed by atoms with Crippen LogP contribution in [0.2, 0.25) is 0 Å². The van der Waals surface area contributed by atoms with Gasteiger partial charge in [-0.05, 0) is 57.3 Å². The molecule has 0 aliphatic carbocycles. The van der Waals surface area contributed by atoms with Gasteiger partial charge >= 0.3 is 0 Å². The Hall–Kier alpha value is -3.52. The van der Waals surface area contributed by atoms with Crippen LogP contribution in [0.5, 0.6) is 5.75 Å². The lowest BCUT2D eigenvalue weighted by molar-refractivity contribution is 0.356. The van der Waals surface area contributed by atoms with Gasteiger partial charge in [0.2, 0.25) is 5.95 Å². The van der Waals surface area contributed by atoms with E-state index in [0.717, 1.165) is 33.7 Å². The van der Waals surface area contributed by atoms with E-state index in [1.807, 2.05) is 49.5 Å². The number of hydrogen-bond donors (Lipinski definition) is 1. The van der Waals surface area contributed by atoms with E-state index in [1.54, 1.807) is 18.3 Å². The normalized spacial score (nSPS) is 12.9. The summed E-state index contributed by atoms with van der Waals surface area (Å²) in [5.74, 6) is 0.752. The van der Waals surface area contributed by atoms with E-state index in [9.17, 15) is 8.78 Å². The molecule has 0 unspecified atom stereocenters. The highest BCUT2D eigenvalue weighted by Gasteiger charge is 2.20. The molecule has 8 heteroatoms. The molecule has 0 saturated heterocycles. The monoisotopic (exact) mass is 463 g/mol. The van der Waals surface area contributed by atoms with Crippen LogP contribution < -0.4 is 10.1 Å². The minimum Gasteiger partial charge on any atom is -0.493 e. The molecular formula is C26H27F2N5O. The number of nitrogens with zero attached hydrogens (tertiary/aromatic N) is 4. The first-order chi connectivity index (χ1) is 16.3. The Kier molecular flexibility index (Phi) is 5.69. The molecule has 176 valence electrons. The van der Waals surface area contributed by atoms with Crippen molar-refractivity contribution in [2.45, 2.75) is 33.4 Å². The van der Waals surface area contributed by atoms with Crippen LogP contribution in [-0.2, 0) is 19.5 Å². The van der Waals surface area contributed by atoms with Gasteiger partial charge in [0, 0.05) is 54.2 Å². The second-order valence-corrected chi connectivity index (χ2v) is 9.02. The predicted molar refractivity (Wildman–Crippen MR) is 128 cm³/mol. The maximum atomic E-state index is 14.9. The standard InChI is InChI=1S/C26H27F2N5O/c1-15-9-17(14-32(3)4)23(28)10-19(15)21-12-30-26(33-13-16(2)31-25(21)33)29-11-20-18-7-8-34-24(18)6-5-22(20)27/h5-6,9-10,12-13H,7-8,11,14H2,1-4H3,(H,29,30). The lowest BCUT2D eigenvalue weighted by Crippen LogP contribution is -2.12. The number of fused-ring (bicyclic) bond motifs is 2. The summed E-state index contributed by atoms with van der Waals surface area (Å²) in [6.07, 6.45) is 4.26. The van der Waals surface area contributed by atoms with Crippen molar-refractivity contribution in [3.63, 3.8) is 0 Å². The minimum atomic E-state index is -0.268. The summed E-state index contributed by atoms with van der Waals surface area (Å²) >= 11 is 0. The number of ether oxygens (including phenoxy) is 1. The number of hydrogen-bond acceptors (Lipinski definition) is 5. The van der Waals surface area contributed by atoms with Gasteiger partial charge in [-0.15, -0.1) is 0 Å². The average molecular weight is 464 g/mol. The van der Waals surface area contributed by atoms with E-state index in [1.165, 1.54) is 6.07 Å². The fraction of sp³-hybridized carbons (Fsp3) is 0.308. The van der Waals surface area contributed by atoms with E-state index in [4.69, 9.17) is 4.74 Å². The molecule has 0 bridgehead atoms. The highest BCUT2D eigenvalue weighted by molar-refractivity contribution is 5.80. The molecule has 5 rings (SSSR count). The molecule has 2 aromatic carbocycles. The molecule has 0 spiro atoms. The Bertz CT molecular complexity index is 1400. The lowest BCUT2D eigenvalue weighted by atomic mass is 9.99. The number of aryl methyl sites for hydroxylation is 2. The zero-order valence-corrected chi connectivity index (χ0v) is 19.7. The van der Waals surface area contributed by atoms with Crippen molar-refractivity contribution in [3.8, 4) is 16.9 Å². The van der Waals surface area contributed by atoms with Gasteiger partial charge in [0.15, 0.2) is 0 Å². The summed E-state index contributed by atoms with van der Waals surface area (Å²) in [7, 11) is 3.83. The molecule has 0 fully saturated rings. The topological polar surface area (TPSA) is 54.7 Å². The molecule has 34 heavy (non-hydrogen) atoms. The Balaban J connectivity index is 1.52. The van der Waals surface area contributed by atoms with Crippen molar-refractivity contribution in [2.24, 2.45) is 0 Å². The summed E-state index contributed by atoms with van der Waals surface area (Å²) < 4.78 is 36.9. The summed E-state index contributed by atoms with van der Waals surface area (Å²) in [5.41, 5.74) is 6.04. The fourth-order valence-corrected chi connectivity index (χ4v) is 4.58. The van der Waals surface area contributed by atoms with Crippen molar-refractivity contribution in [3.05, 3.63) is 76.2 Å². The van der Waals surface area contributed by atoms with Crippen LogP contribution in [0.3, 0.4) is 0 Å². The van der Waals surface area contributed by atoms with Crippen LogP contribution >= 0.6 is 0 Å². The van der Waals surface area contributed by atoms with Gasteiger partial charge in [0.25, 0.3) is 0 Å². The second-order valence-electron chi connectivity index (χ2n) is 9.02. The molecule has 2 aromatic heterocycles. The van der Waals surface area contributed by atoms with E-state index >= 15 is 0 Å². The summed E-state index contributed by atoms with van der Waals surface area (Å²) in [6.45, 7) is 5.22. The molecule has 1 N–H and O–H groups in total. The lowest BCUT2D eigenvalue weighted by Gasteiger charge is -2.16. The van der Waals surface area contributed by atoms with Gasteiger partial charge in [-0.3, -0.25) is 4.40 Å². The van der Waals surface area contributed by atoms with Crippen molar-refractivity contribution >= 4 is 11.6 Å². The van der Waals surface area contributed by atoms with Crippen molar-refractivity contribution in [1.82, 2.24) is 19.3 Å². The molecular weight excluding hydrogens is 436 g/mol. The first kappa shape index (κ1) is 22.3. The molecule has 0 atom stereocenters. The fourth-order valence-electron chi connectivity index (χ4n) is 4.58. The molecule has 3 heterocycles. The molecule has 0 saturated carbocycles. The smallest absolute Gasteiger partial charge is 0.208 e. The summed E-state index contributed by atoms with van der Waals surface area (Å²) in [5, 5.41) is 3.26. The number of benzene rings is 2. The van der Waals surface area contributed by atoms with E-state index < -0.39 is 0 Å². The van der Waals surface area contributed by atoms with Gasteiger partial charge in [-0.1, -0.05) is 6.07 Å². The zero-order valence-electron chi connectivity index (χ0n) is 19.7.